The van der Waals surface area contributed by atoms with E-state index < -0.39 is 23.8 Å². The summed E-state index contributed by atoms with van der Waals surface area (Å²) < 4.78 is 5.69. The summed E-state index contributed by atoms with van der Waals surface area (Å²) in [5, 5.41) is 10.7. The third-order valence-corrected chi connectivity index (χ3v) is 11.0. The van der Waals surface area contributed by atoms with Crippen LogP contribution in [0.1, 0.15) is 36.6 Å². The van der Waals surface area contributed by atoms with E-state index in [1.54, 1.807) is 32.7 Å². The number of carboxylic acids is 1. The fourth-order valence-electron chi connectivity index (χ4n) is 7.28. The minimum absolute atomic E-state index is 0.0422. The molecular weight excluding hydrogens is 488 g/mol. The number of aromatic amines is 1. The molecule has 2 bridgehead atoms. The Bertz CT molecular complexity index is 1300. The average molecular weight is 515 g/mol. The highest BCUT2D eigenvalue weighted by molar-refractivity contribution is 8.00. The van der Waals surface area contributed by atoms with Crippen molar-refractivity contribution < 1.29 is 24.2 Å². The standard InChI is InChI=1S/C25H26N2O6S2/c1-9(2)18(24(30)31)27-22(28)16-11-8-12(17(16)23(27)29)19-15(11)14(10-6-4-5-7-13(10)33-3)20-21(34-19)26-25(32)35-20/h4-7,9,11-12,14-19H,8H2,1-3H3,(H,26,32)(H,30,31)/t11-,12+,14+,15-,16+,17+,18+,19-/m1/s1. The van der Waals surface area contributed by atoms with Gasteiger partial charge in [0, 0.05) is 21.6 Å². The highest BCUT2D eigenvalue weighted by Crippen LogP contribution is 2.69. The number of benzene rings is 1. The lowest BCUT2D eigenvalue weighted by molar-refractivity contribution is -0.157. The van der Waals surface area contributed by atoms with Crippen molar-refractivity contribution in [1.29, 1.82) is 0 Å². The molecule has 0 spiro atoms. The van der Waals surface area contributed by atoms with Gasteiger partial charge in [0.1, 0.15) is 11.8 Å². The molecule has 8 atom stereocenters. The van der Waals surface area contributed by atoms with E-state index >= 15 is 0 Å². The van der Waals surface area contributed by atoms with Crippen molar-refractivity contribution in [2.75, 3.05) is 7.11 Å². The predicted octanol–water partition coefficient (Wildman–Crippen LogP) is 3.03. The zero-order valence-corrected chi connectivity index (χ0v) is 21.1. The largest absolute Gasteiger partial charge is 0.496 e. The Morgan fingerprint density at radius 3 is 2.49 bits per heavy atom. The molecule has 6 rings (SSSR count). The molecule has 2 aliphatic heterocycles. The average Bonchev–Trinajstić information content (AvgIpc) is 3.54. The van der Waals surface area contributed by atoms with Crippen LogP contribution in [0.2, 0.25) is 0 Å². The molecule has 2 saturated carbocycles. The number of thiazole rings is 1. The molecule has 1 aromatic carbocycles. The van der Waals surface area contributed by atoms with Crippen LogP contribution in [0.5, 0.6) is 5.75 Å². The van der Waals surface area contributed by atoms with Gasteiger partial charge in [0.15, 0.2) is 0 Å². The Kier molecular flexibility index (Phi) is 5.20. The number of carbonyl (C=O) groups excluding carboxylic acids is 2. The van der Waals surface area contributed by atoms with Gasteiger partial charge in [-0.15, -0.1) is 11.8 Å². The highest BCUT2D eigenvalue weighted by atomic mass is 32.2. The molecular formula is C25H26N2O6S2. The normalized spacial score (nSPS) is 33.6. The van der Waals surface area contributed by atoms with E-state index in [2.05, 4.69) is 4.98 Å². The van der Waals surface area contributed by atoms with Crippen LogP contribution in [0.15, 0.2) is 34.1 Å². The number of nitrogens with one attached hydrogen (secondary N) is 1. The molecule has 2 aromatic rings. The number of carboxylic acid groups (broad SMARTS) is 1. The van der Waals surface area contributed by atoms with Gasteiger partial charge < -0.3 is 14.8 Å². The van der Waals surface area contributed by atoms with Crippen LogP contribution in [-0.2, 0) is 14.4 Å². The van der Waals surface area contributed by atoms with Crippen LogP contribution in [-0.4, -0.2) is 51.2 Å². The number of hydrogen-bond donors (Lipinski definition) is 2. The molecule has 2 N–H and O–H groups in total. The number of para-hydroxylation sites is 1. The first-order chi connectivity index (χ1) is 16.7. The summed E-state index contributed by atoms with van der Waals surface area (Å²) in [5.41, 5.74) is 0.977. The zero-order chi connectivity index (χ0) is 24.8. The summed E-state index contributed by atoms with van der Waals surface area (Å²) in [6.07, 6.45) is 0.757. The Labute approximate surface area is 210 Å². The minimum Gasteiger partial charge on any atom is -0.496 e. The van der Waals surface area contributed by atoms with E-state index in [1.165, 1.54) is 11.3 Å². The Balaban J connectivity index is 1.46. The number of imide groups is 1. The van der Waals surface area contributed by atoms with Crippen molar-refractivity contribution in [3.05, 3.63) is 44.4 Å². The van der Waals surface area contributed by atoms with Crippen molar-refractivity contribution in [3.8, 4) is 5.75 Å². The summed E-state index contributed by atoms with van der Waals surface area (Å²) >= 11 is 2.81. The van der Waals surface area contributed by atoms with Crippen LogP contribution < -0.4 is 9.61 Å². The second-order valence-electron chi connectivity index (χ2n) is 10.3. The molecule has 10 heteroatoms. The molecule has 1 aromatic heterocycles. The van der Waals surface area contributed by atoms with Crippen molar-refractivity contribution in [2.24, 2.45) is 35.5 Å². The second kappa shape index (κ2) is 7.96. The van der Waals surface area contributed by atoms with E-state index in [1.807, 2.05) is 24.3 Å². The van der Waals surface area contributed by atoms with Gasteiger partial charge in [-0.2, -0.15) is 0 Å². The summed E-state index contributed by atoms with van der Waals surface area (Å²) in [6.45, 7) is 3.45. The maximum atomic E-state index is 13.7. The summed E-state index contributed by atoms with van der Waals surface area (Å²) in [4.78, 5) is 56.5. The minimum atomic E-state index is -1.15. The molecule has 1 saturated heterocycles. The topological polar surface area (TPSA) is 117 Å². The summed E-state index contributed by atoms with van der Waals surface area (Å²) in [7, 11) is 1.63. The molecule has 3 heterocycles. The van der Waals surface area contributed by atoms with Gasteiger partial charge in [-0.05, 0) is 36.2 Å². The number of aromatic nitrogens is 1. The number of carbonyl (C=O) groups is 3. The molecule has 0 unspecified atom stereocenters. The monoisotopic (exact) mass is 514 g/mol. The summed E-state index contributed by atoms with van der Waals surface area (Å²) in [5.74, 6) is -2.69. The molecule has 0 radical (unpaired) electrons. The molecule has 2 aliphatic carbocycles. The first-order valence-electron chi connectivity index (χ1n) is 11.9. The van der Waals surface area contributed by atoms with Gasteiger partial charge in [-0.25, -0.2) is 4.79 Å². The Morgan fingerprint density at radius 2 is 1.83 bits per heavy atom. The van der Waals surface area contributed by atoms with Gasteiger partial charge in [0.25, 0.3) is 0 Å². The quantitative estimate of drug-likeness (QED) is 0.589. The number of aliphatic carboxylic acids is 1. The zero-order valence-electron chi connectivity index (χ0n) is 19.5. The van der Waals surface area contributed by atoms with Gasteiger partial charge in [0.05, 0.1) is 24.0 Å². The molecule has 184 valence electrons. The lowest BCUT2D eigenvalue weighted by atomic mass is 9.68. The van der Waals surface area contributed by atoms with Gasteiger partial charge in [0.2, 0.25) is 11.8 Å². The molecule has 2 amide bonds. The SMILES string of the molecule is COc1ccccc1[C@@H]1c2sc(=O)[nH]c2S[C@@H]2[C@H]3C[C@@H]([C@@H]4C(=O)N([C@H](C(=O)O)C(C)C)C(=O)[C@@H]34)[C@H]12. The van der Waals surface area contributed by atoms with Crippen LogP contribution >= 0.6 is 23.1 Å². The fourth-order valence-corrected chi connectivity index (χ4v) is 10.2. The number of amides is 2. The molecule has 8 nitrogen and oxygen atoms in total. The number of likely N-dealkylation sites (tertiary alicyclic amines) is 1. The van der Waals surface area contributed by atoms with Gasteiger partial charge in [-0.1, -0.05) is 43.4 Å². The van der Waals surface area contributed by atoms with Crippen molar-refractivity contribution in [1.82, 2.24) is 9.88 Å². The third-order valence-electron chi connectivity index (χ3n) is 8.39. The van der Waals surface area contributed by atoms with E-state index in [4.69, 9.17) is 4.74 Å². The number of ether oxygens (including phenoxy) is 1. The lowest BCUT2D eigenvalue weighted by Gasteiger charge is -2.43. The fraction of sp³-hybridized carbons (Fsp3) is 0.520. The Morgan fingerprint density at radius 1 is 1.14 bits per heavy atom. The number of methoxy groups -OCH3 is 1. The number of H-pyrrole nitrogens is 1. The second-order valence-corrected chi connectivity index (χ2v) is 12.5. The Hall–Kier alpha value is -2.59. The first kappa shape index (κ1) is 22.8. The number of thioether (sulfide) groups is 1. The molecule has 35 heavy (non-hydrogen) atoms. The van der Waals surface area contributed by atoms with Crippen molar-refractivity contribution in [2.45, 2.75) is 42.5 Å². The third kappa shape index (κ3) is 3.05. The van der Waals surface area contributed by atoms with Crippen LogP contribution in [0.25, 0.3) is 0 Å². The molecule has 4 aliphatic rings. The number of rotatable bonds is 5. The maximum Gasteiger partial charge on any atom is 0.327 e. The van der Waals surface area contributed by atoms with E-state index in [-0.39, 0.29) is 51.5 Å². The van der Waals surface area contributed by atoms with E-state index in [9.17, 15) is 24.3 Å². The first-order valence-corrected chi connectivity index (χ1v) is 13.6. The van der Waals surface area contributed by atoms with Crippen molar-refractivity contribution >= 4 is 40.9 Å². The summed E-state index contributed by atoms with van der Waals surface area (Å²) in [6, 6.07) is 6.62. The smallest absolute Gasteiger partial charge is 0.327 e. The van der Waals surface area contributed by atoms with E-state index in [0.29, 0.717) is 0 Å². The van der Waals surface area contributed by atoms with Gasteiger partial charge >= 0.3 is 10.8 Å². The maximum absolute atomic E-state index is 13.7. The van der Waals surface area contributed by atoms with E-state index in [0.717, 1.165) is 32.5 Å². The number of fused-ring (bicyclic) bond motifs is 9. The van der Waals surface area contributed by atoms with Crippen molar-refractivity contribution in [3.63, 3.8) is 0 Å². The van der Waals surface area contributed by atoms with Crippen LogP contribution in [0.4, 0.5) is 0 Å². The lowest BCUT2D eigenvalue weighted by Crippen LogP contribution is -2.49. The van der Waals surface area contributed by atoms with Crippen LogP contribution in [0, 0.1) is 35.5 Å². The predicted molar refractivity (Wildman–Crippen MR) is 130 cm³/mol. The number of hydrogen-bond acceptors (Lipinski definition) is 7. The molecule has 3 fully saturated rings. The van der Waals surface area contributed by atoms with Crippen LogP contribution in [0.3, 0.4) is 0 Å². The number of nitrogens with zero attached hydrogens (tertiary/aromatic N) is 1. The van der Waals surface area contributed by atoms with Gasteiger partial charge in [-0.3, -0.25) is 19.3 Å². The highest BCUT2D eigenvalue weighted by Gasteiger charge is 2.70.